The van der Waals surface area contributed by atoms with Crippen LogP contribution in [0.15, 0.2) is 48.6 Å². The number of phosphoric acid groups is 1. The topological polar surface area (TPSA) is 114 Å². The third-order valence-electron chi connectivity index (χ3n) is 18.0. The number of phosphoric ester groups is 1. The van der Waals surface area contributed by atoms with E-state index in [4.69, 9.17) is 13.8 Å². The third kappa shape index (κ3) is 70.3. The Morgan fingerprint density at radius 2 is 0.678 bits per heavy atom. The van der Waals surface area contributed by atoms with Gasteiger partial charge in [-0.15, -0.1) is 0 Å². The molecule has 0 bridgehead atoms. The standard InChI is InChI=1S/C80H153N2O7P/c1-7-10-13-16-19-22-25-28-30-32-34-36-38-40-41-43-45-47-49-51-53-55-58-61-64-67-70-73-80(84)89-78(71-68-65-62-59-56-27-24-21-18-15-12-9-3)77(76-88-90(85,86)87-75-74-82(4,5)6)81-79(83)72-69-66-63-60-57-54-52-50-48-46-44-42-39-37-35-33-31-29-26-23-20-17-14-11-8-2/h20,23,29,31,35,37,68,71,77-78H,7-19,21-22,24-28,30,32-34,36,38-67,69-70,72-76H2,1-6H3,(H-,81,83,85,86)/b23-20-,31-29-,37-35-,71-68+. The fourth-order valence-corrected chi connectivity index (χ4v) is 12.7. The van der Waals surface area contributed by atoms with Gasteiger partial charge in [-0.25, -0.2) is 0 Å². The molecule has 10 heteroatoms. The Morgan fingerprint density at radius 3 is 1.03 bits per heavy atom. The van der Waals surface area contributed by atoms with Gasteiger partial charge in [0.2, 0.25) is 5.91 Å². The number of hydrogen-bond acceptors (Lipinski definition) is 7. The molecule has 0 fully saturated rings. The van der Waals surface area contributed by atoms with Crippen molar-refractivity contribution in [1.29, 1.82) is 0 Å². The van der Waals surface area contributed by atoms with Gasteiger partial charge in [0.25, 0.3) is 7.82 Å². The van der Waals surface area contributed by atoms with E-state index < -0.39 is 20.0 Å². The molecule has 0 saturated heterocycles. The van der Waals surface area contributed by atoms with Gasteiger partial charge < -0.3 is 28.5 Å². The number of quaternary nitrogens is 1. The molecule has 9 nitrogen and oxygen atoms in total. The summed E-state index contributed by atoms with van der Waals surface area (Å²) in [6, 6.07) is -0.889. The first-order chi connectivity index (χ1) is 43.9. The van der Waals surface area contributed by atoms with E-state index in [0.717, 1.165) is 70.6 Å². The van der Waals surface area contributed by atoms with Crippen molar-refractivity contribution in [2.75, 3.05) is 40.9 Å². The van der Waals surface area contributed by atoms with Gasteiger partial charge in [0.1, 0.15) is 19.3 Å². The maximum atomic E-state index is 13.6. The van der Waals surface area contributed by atoms with Crippen LogP contribution in [0.25, 0.3) is 0 Å². The number of rotatable bonds is 73. The van der Waals surface area contributed by atoms with Gasteiger partial charge in [0.15, 0.2) is 0 Å². The number of amides is 1. The van der Waals surface area contributed by atoms with E-state index in [9.17, 15) is 19.0 Å². The second-order valence-corrected chi connectivity index (χ2v) is 29.6. The number of allylic oxidation sites excluding steroid dienone is 7. The summed E-state index contributed by atoms with van der Waals surface area (Å²) in [5.41, 5.74) is 0. The minimum Gasteiger partial charge on any atom is -0.756 e. The molecule has 0 spiro atoms. The zero-order valence-electron chi connectivity index (χ0n) is 60.9. The van der Waals surface area contributed by atoms with Gasteiger partial charge in [0.05, 0.1) is 33.8 Å². The molecule has 3 atom stereocenters. The maximum absolute atomic E-state index is 13.6. The van der Waals surface area contributed by atoms with Crippen LogP contribution >= 0.6 is 7.82 Å². The minimum absolute atomic E-state index is 0.0205. The van der Waals surface area contributed by atoms with E-state index >= 15 is 0 Å². The number of ether oxygens (including phenoxy) is 1. The molecular formula is C80H153N2O7P. The molecule has 0 aromatic rings. The molecule has 0 rings (SSSR count). The SMILES string of the molecule is CCCCC/C=C\C/C=C\C/C=C\CCCCCCCCCCCCCCC(=O)NC(COP(=O)([O-])OCC[N+](C)(C)C)C(/C=C/CCCCCCCCCCCC)OC(=O)CCCCCCCCCCCCCCCCCCCCCCCCCCCCC. The number of esters is 1. The highest BCUT2D eigenvalue weighted by atomic mass is 31.2. The van der Waals surface area contributed by atoms with E-state index in [2.05, 4.69) is 62.5 Å². The van der Waals surface area contributed by atoms with Gasteiger partial charge in [-0.1, -0.05) is 365 Å². The molecule has 90 heavy (non-hydrogen) atoms. The van der Waals surface area contributed by atoms with E-state index in [1.54, 1.807) is 0 Å². The summed E-state index contributed by atoms with van der Waals surface area (Å²) < 4.78 is 30.5. The Hall–Kier alpha value is -2.03. The van der Waals surface area contributed by atoms with Crippen LogP contribution in [-0.2, 0) is 27.9 Å². The summed E-state index contributed by atoms with van der Waals surface area (Å²) in [7, 11) is 1.20. The van der Waals surface area contributed by atoms with E-state index in [-0.39, 0.29) is 31.5 Å². The number of nitrogens with zero attached hydrogens (tertiary/aromatic N) is 1. The summed E-state index contributed by atoms with van der Waals surface area (Å²) in [6.45, 7) is 6.88. The van der Waals surface area contributed by atoms with Crippen LogP contribution in [0, 0.1) is 0 Å². The van der Waals surface area contributed by atoms with Crippen LogP contribution in [0.5, 0.6) is 0 Å². The molecule has 0 aliphatic carbocycles. The van der Waals surface area contributed by atoms with Crippen LogP contribution in [-0.4, -0.2) is 69.4 Å². The molecule has 3 unspecified atom stereocenters. The minimum atomic E-state index is -4.71. The largest absolute Gasteiger partial charge is 0.756 e. The molecule has 0 aromatic carbocycles. The Labute approximate surface area is 560 Å². The summed E-state index contributed by atoms with van der Waals surface area (Å²) in [6.07, 6.45) is 89.7. The highest BCUT2D eigenvalue weighted by molar-refractivity contribution is 7.45. The van der Waals surface area contributed by atoms with Crippen LogP contribution in [0.1, 0.15) is 400 Å². The highest BCUT2D eigenvalue weighted by Crippen LogP contribution is 2.38. The van der Waals surface area contributed by atoms with Crippen LogP contribution in [0.2, 0.25) is 0 Å². The predicted octanol–water partition coefficient (Wildman–Crippen LogP) is 24.9. The zero-order valence-corrected chi connectivity index (χ0v) is 61.8. The summed E-state index contributed by atoms with van der Waals surface area (Å²) in [5, 5.41) is 3.06. The Morgan fingerprint density at radius 1 is 0.389 bits per heavy atom. The van der Waals surface area contributed by atoms with Crippen molar-refractivity contribution in [2.45, 2.75) is 412 Å². The summed E-state index contributed by atoms with van der Waals surface area (Å²) in [5.74, 6) is -0.522. The second kappa shape index (κ2) is 69.8. The molecule has 0 aromatic heterocycles. The first kappa shape index (κ1) is 88.0. The number of likely N-dealkylation sites (N-methyl/N-ethyl adjacent to an activating group) is 1. The quantitative estimate of drug-likeness (QED) is 0.0212. The molecule has 0 radical (unpaired) electrons. The van der Waals surface area contributed by atoms with Crippen molar-refractivity contribution in [2.24, 2.45) is 0 Å². The lowest BCUT2D eigenvalue weighted by molar-refractivity contribution is -0.870. The molecule has 0 saturated carbocycles. The smallest absolute Gasteiger partial charge is 0.306 e. The van der Waals surface area contributed by atoms with Gasteiger partial charge in [-0.05, 0) is 70.3 Å². The Balaban J connectivity index is 4.91. The molecular weight excluding hydrogens is 1130 g/mol. The molecule has 1 amide bonds. The van der Waals surface area contributed by atoms with Crippen molar-refractivity contribution >= 4 is 19.7 Å². The lowest BCUT2D eigenvalue weighted by Crippen LogP contribution is -2.47. The number of nitrogens with one attached hydrogen (secondary N) is 1. The number of unbranched alkanes of at least 4 members (excludes halogenated alkanes) is 51. The second-order valence-electron chi connectivity index (χ2n) is 28.2. The van der Waals surface area contributed by atoms with Gasteiger partial charge in [0, 0.05) is 12.8 Å². The number of hydrogen-bond donors (Lipinski definition) is 1. The lowest BCUT2D eigenvalue weighted by Gasteiger charge is -2.30. The summed E-state index contributed by atoms with van der Waals surface area (Å²) >= 11 is 0. The fourth-order valence-electron chi connectivity index (χ4n) is 11.9. The first-order valence-electron chi connectivity index (χ1n) is 39.4. The van der Waals surface area contributed by atoms with Gasteiger partial charge in [-0.3, -0.25) is 14.2 Å². The monoisotopic (exact) mass is 1290 g/mol. The van der Waals surface area contributed by atoms with Crippen LogP contribution in [0.3, 0.4) is 0 Å². The first-order valence-corrected chi connectivity index (χ1v) is 40.9. The third-order valence-corrected chi connectivity index (χ3v) is 19.0. The Bertz CT molecular complexity index is 1680. The predicted molar refractivity (Wildman–Crippen MR) is 390 cm³/mol. The normalized spacial score (nSPS) is 13.6. The average molecular weight is 1290 g/mol. The van der Waals surface area contributed by atoms with Crippen molar-refractivity contribution in [3.05, 3.63) is 48.6 Å². The average Bonchev–Trinajstić information content (AvgIpc) is 3.11. The number of carbonyl (C=O) groups excluding carboxylic acids is 2. The maximum Gasteiger partial charge on any atom is 0.306 e. The lowest BCUT2D eigenvalue weighted by atomic mass is 10.0. The Kier molecular flexibility index (Phi) is 68.2. The van der Waals surface area contributed by atoms with E-state index in [0.29, 0.717) is 17.4 Å². The van der Waals surface area contributed by atoms with Crippen LogP contribution < -0.4 is 10.2 Å². The fraction of sp³-hybridized carbons (Fsp3) is 0.875. The number of carbonyl (C=O) groups is 2. The van der Waals surface area contributed by atoms with Crippen LogP contribution in [0.4, 0.5) is 0 Å². The molecule has 0 aliphatic rings. The highest BCUT2D eigenvalue weighted by Gasteiger charge is 2.27. The molecule has 0 heterocycles. The van der Waals surface area contributed by atoms with E-state index in [1.807, 2.05) is 33.3 Å². The zero-order chi connectivity index (χ0) is 65.6. The van der Waals surface area contributed by atoms with Crippen molar-refractivity contribution < 1.29 is 37.3 Å². The van der Waals surface area contributed by atoms with Gasteiger partial charge in [-0.2, -0.15) is 0 Å². The molecule has 0 aliphatic heterocycles. The molecule has 530 valence electrons. The summed E-state index contributed by atoms with van der Waals surface area (Å²) in [4.78, 5) is 40.3. The van der Waals surface area contributed by atoms with Crippen molar-refractivity contribution in [3.63, 3.8) is 0 Å². The van der Waals surface area contributed by atoms with Gasteiger partial charge >= 0.3 is 5.97 Å². The van der Waals surface area contributed by atoms with E-state index in [1.165, 1.54) is 295 Å². The van der Waals surface area contributed by atoms with Crippen molar-refractivity contribution in [1.82, 2.24) is 5.32 Å². The molecule has 1 N–H and O–H groups in total. The van der Waals surface area contributed by atoms with Crippen molar-refractivity contribution in [3.8, 4) is 0 Å².